The maximum Gasteiger partial charge on any atom is 0.243 e. The van der Waals surface area contributed by atoms with E-state index in [0.717, 1.165) is 28.9 Å². The molecule has 0 fully saturated rings. The van der Waals surface area contributed by atoms with Crippen LogP contribution >= 0.6 is 35.0 Å². The van der Waals surface area contributed by atoms with Crippen LogP contribution in [-0.2, 0) is 22.6 Å². The van der Waals surface area contributed by atoms with Crippen molar-refractivity contribution in [2.75, 3.05) is 12.3 Å². The molecule has 1 atom stereocenters. The van der Waals surface area contributed by atoms with E-state index in [0.29, 0.717) is 35.2 Å². The Balaban J connectivity index is 1.86. The fourth-order valence-electron chi connectivity index (χ4n) is 3.81. The van der Waals surface area contributed by atoms with E-state index in [1.54, 1.807) is 28.8 Å². The lowest BCUT2D eigenvalue weighted by Crippen LogP contribution is -2.50. The molecular weight excluding hydrogens is 511 g/mol. The Labute approximate surface area is 228 Å². The predicted octanol–water partition coefficient (Wildman–Crippen LogP) is 7.03. The first-order chi connectivity index (χ1) is 17.5. The number of nitrogens with zero attached hydrogens (tertiary/aromatic N) is 1. The van der Waals surface area contributed by atoms with Crippen LogP contribution in [0.15, 0.2) is 83.8 Å². The maximum absolute atomic E-state index is 13.6. The normalized spacial score (nSPS) is 11.6. The van der Waals surface area contributed by atoms with Crippen molar-refractivity contribution in [3.05, 3.63) is 100 Å². The minimum atomic E-state index is -0.662. The number of carbonyl (C=O) groups excluding carboxylic acids is 2. The van der Waals surface area contributed by atoms with Crippen LogP contribution in [0.25, 0.3) is 0 Å². The summed E-state index contributed by atoms with van der Waals surface area (Å²) in [4.78, 5) is 29.9. The molecule has 0 spiro atoms. The summed E-state index contributed by atoms with van der Waals surface area (Å²) in [6.07, 6.45) is 2.58. The number of hydrogen-bond acceptors (Lipinski definition) is 3. The van der Waals surface area contributed by atoms with Gasteiger partial charge >= 0.3 is 0 Å². The van der Waals surface area contributed by atoms with Crippen molar-refractivity contribution in [3.8, 4) is 0 Å². The van der Waals surface area contributed by atoms with Crippen LogP contribution in [0.1, 0.15) is 37.3 Å². The Morgan fingerprint density at radius 1 is 0.972 bits per heavy atom. The number of nitrogens with one attached hydrogen (secondary N) is 1. The Kier molecular flexibility index (Phi) is 11.7. The molecule has 0 aliphatic heterocycles. The summed E-state index contributed by atoms with van der Waals surface area (Å²) >= 11 is 14.2. The lowest BCUT2D eigenvalue weighted by atomic mass is 10.0. The van der Waals surface area contributed by atoms with E-state index in [-0.39, 0.29) is 18.4 Å². The Hall–Kier alpha value is -2.47. The van der Waals surface area contributed by atoms with Crippen molar-refractivity contribution >= 4 is 46.8 Å². The third kappa shape index (κ3) is 8.88. The molecule has 3 aromatic rings. The molecule has 1 N–H and O–H groups in total. The maximum atomic E-state index is 13.6. The summed E-state index contributed by atoms with van der Waals surface area (Å²) in [6.45, 7) is 2.88. The van der Waals surface area contributed by atoms with E-state index in [1.807, 2.05) is 66.7 Å². The highest BCUT2D eigenvalue weighted by atomic mass is 35.5. The number of thioether (sulfide) groups is 1. The highest BCUT2D eigenvalue weighted by Crippen LogP contribution is 2.25. The monoisotopic (exact) mass is 542 g/mol. The van der Waals surface area contributed by atoms with E-state index in [9.17, 15) is 9.59 Å². The average molecular weight is 544 g/mol. The van der Waals surface area contributed by atoms with Gasteiger partial charge in [-0.15, -0.1) is 11.8 Å². The number of hydrogen-bond donors (Lipinski definition) is 1. The Morgan fingerprint density at radius 3 is 2.33 bits per heavy atom. The summed E-state index contributed by atoms with van der Waals surface area (Å²) < 4.78 is 0. The van der Waals surface area contributed by atoms with Gasteiger partial charge in [-0.25, -0.2) is 0 Å². The summed E-state index contributed by atoms with van der Waals surface area (Å²) in [5, 5.41) is 4.04. The molecule has 190 valence electrons. The molecule has 0 aromatic heterocycles. The molecule has 0 saturated heterocycles. The van der Waals surface area contributed by atoms with Gasteiger partial charge in [0, 0.05) is 46.6 Å². The molecular formula is C29H32Cl2N2O2S. The molecule has 7 heteroatoms. The van der Waals surface area contributed by atoms with E-state index in [4.69, 9.17) is 23.2 Å². The second-order valence-corrected chi connectivity index (χ2v) is 10.5. The van der Waals surface area contributed by atoms with Crippen molar-refractivity contribution in [1.82, 2.24) is 10.2 Å². The summed E-state index contributed by atoms with van der Waals surface area (Å²) in [7, 11) is 0. The number of benzene rings is 3. The van der Waals surface area contributed by atoms with E-state index >= 15 is 0 Å². The number of unbranched alkanes of at least 4 members (excludes halogenated alkanes) is 1. The number of amides is 2. The zero-order valence-corrected chi connectivity index (χ0v) is 22.8. The average Bonchev–Trinajstić information content (AvgIpc) is 2.88. The van der Waals surface area contributed by atoms with Gasteiger partial charge in [0.25, 0.3) is 0 Å². The molecule has 0 saturated carbocycles. The molecule has 0 heterocycles. The molecule has 3 rings (SSSR count). The largest absolute Gasteiger partial charge is 0.354 e. The highest BCUT2D eigenvalue weighted by Gasteiger charge is 2.30. The molecule has 0 unspecified atom stereocenters. The first-order valence-electron chi connectivity index (χ1n) is 12.2. The lowest BCUT2D eigenvalue weighted by molar-refractivity contribution is -0.141. The standard InChI is InChI=1S/C29H32Cl2N2O2S/c1-2-3-17-32-29(35)27(19-22-10-6-4-7-11-22)33(21-23-14-15-24(30)20-26(23)31)28(34)16-18-36-25-12-8-5-9-13-25/h4-15,20,27H,2-3,16-19,21H2,1H3,(H,32,35)/t27-/m0/s1. The zero-order chi connectivity index (χ0) is 25.8. The first-order valence-corrected chi connectivity index (χ1v) is 13.9. The van der Waals surface area contributed by atoms with Crippen molar-refractivity contribution < 1.29 is 9.59 Å². The van der Waals surface area contributed by atoms with Crippen LogP contribution < -0.4 is 5.32 Å². The molecule has 36 heavy (non-hydrogen) atoms. The lowest BCUT2D eigenvalue weighted by Gasteiger charge is -2.32. The van der Waals surface area contributed by atoms with Gasteiger partial charge < -0.3 is 10.2 Å². The van der Waals surface area contributed by atoms with Crippen LogP contribution in [0, 0.1) is 0 Å². The molecule has 4 nitrogen and oxygen atoms in total. The molecule has 0 aliphatic rings. The van der Waals surface area contributed by atoms with Crippen LogP contribution in [0.2, 0.25) is 10.0 Å². The van der Waals surface area contributed by atoms with Crippen molar-refractivity contribution in [1.29, 1.82) is 0 Å². The number of halogens is 2. The van der Waals surface area contributed by atoms with Crippen LogP contribution in [0.4, 0.5) is 0 Å². The molecule has 0 bridgehead atoms. The fourth-order valence-corrected chi connectivity index (χ4v) is 5.14. The van der Waals surface area contributed by atoms with Crippen molar-refractivity contribution in [2.45, 2.75) is 50.1 Å². The fraction of sp³-hybridized carbons (Fsp3) is 0.310. The van der Waals surface area contributed by atoms with Crippen LogP contribution in [-0.4, -0.2) is 35.1 Å². The van der Waals surface area contributed by atoms with Gasteiger partial charge in [0.15, 0.2) is 0 Å². The minimum Gasteiger partial charge on any atom is -0.354 e. The van der Waals surface area contributed by atoms with Gasteiger partial charge in [0.2, 0.25) is 11.8 Å². The SMILES string of the molecule is CCCCNC(=O)[C@H](Cc1ccccc1)N(Cc1ccc(Cl)cc1Cl)C(=O)CCSc1ccccc1. The predicted molar refractivity (Wildman–Crippen MR) is 151 cm³/mol. The Bertz CT molecular complexity index is 1110. The van der Waals surface area contributed by atoms with Gasteiger partial charge in [-0.05, 0) is 41.8 Å². The first kappa shape index (κ1) is 28.1. The van der Waals surface area contributed by atoms with Crippen LogP contribution in [0.5, 0.6) is 0 Å². The molecule has 3 aromatic carbocycles. The third-order valence-corrected chi connectivity index (χ3v) is 7.39. The van der Waals surface area contributed by atoms with E-state index < -0.39 is 6.04 Å². The van der Waals surface area contributed by atoms with Gasteiger partial charge in [-0.3, -0.25) is 9.59 Å². The second kappa shape index (κ2) is 14.9. The van der Waals surface area contributed by atoms with Crippen LogP contribution in [0.3, 0.4) is 0 Å². The number of rotatable bonds is 13. The van der Waals surface area contributed by atoms with Gasteiger partial charge in [-0.1, -0.05) is 91.1 Å². The smallest absolute Gasteiger partial charge is 0.243 e. The second-order valence-electron chi connectivity index (χ2n) is 8.52. The van der Waals surface area contributed by atoms with Crippen molar-refractivity contribution in [2.24, 2.45) is 0 Å². The van der Waals surface area contributed by atoms with Gasteiger partial charge in [0.05, 0.1) is 0 Å². The summed E-state index contributed by atoms with van der Waals surface area (Å²) in [6, 6.07) is 24.4. The molecule has 0 radical (unpaired) electrons. The third-order valence-electron chi connectivity index (χ3n) is 5.78. The van der Waals surface area contributed by atoms with E-state index in [1.165, 1.54) is 0 Å². The van der Waals surface area contributed by atoms with Crippen molar-refractivity contribution in [3.63, 3.8) is 0 Å². The van der Waals surface area contributed by atoms with Gasteiger partial charge in [0.1, 0.15) is 6.04 Å². The summed E-state index contributed by atoms with van der Waals surface area (Å²) in [5.41, 5.74) is 1.75. The highest BCUT2D eigenvalue weighted by molar-refractivity contribution is 7.99. The topological polar surface area (TPSA) is 49.4 Å². The zero-order valence-electron chi connectivity index (χ0n) is 20.5. The molecule has 2 amide bonds. The number of carbonyl (C=O) groups is 2. The minimum absolute atomic E-state index is 0.0870. The summed E-state index contributed by atoms with van der Waals surface area (Å²) in [5.74, 6) is 0.376. The quantitative estimate of drug-likeness (QED) is 0.186. The molecule has 0 aliphatic carbocycles. The Morgan fingerprint density at radius 2 is 1.67 bits per heavy atom. The van der Waals surface area contributed by atoms with Gasteiger partial charge in [-0.2, -0.15) is 0 Å². The van der Waals surface area contributed by atoms with E-state index in [2.05, 4.69) is 12.2 Å².